The minimum absolute atomic E-state index is 0.155. The fourth-order valence-corrected chi connectivity index (χ4v) is 1.72. The van der Waals surface area contributed by atoms with Crippen LogP contribution in [0.1, 0.15) is 37.8 Å². The average molecular weight is 234 g/mol. The number of aryl methyl sites for hydroxylation is 1. The van der Waals surface area contributed by atoms with Crippen molar-refractivity contribution in [3.05, 3.63) is 30.4 Å². The van der Waals surface area contributed by atoms with Crippen LogP contribution in [0.15, 0.2) is 18.9 Å². The first-order valence-electron chi connectivity index (χ1n) is 5.89. The summed E-state index contributed by atoms with van der Waals surface area (Å²) in [6.45, 7) is 6.00. The number of hydrogen-bond donors (Lipinski definition) is 2. The third-order valence-electron chi connectivity index (χ3n) is 2.70. The largest absolute Gasteiger partial charge is 0.333 e. The molecule has 92 valence electrons. The van der Waals surface area contributed by atoms with Gasteiger partial charge in [0.2, 0.25) is 0 Å². The average Bonchev–Trinajstić information content (AvgIpc) is 2.97. The summed E-state index contributed by atoms with van der Waals surface area (Å²) in [4.78, 5) is 8.29. The Labute approximate surface area is 100 Å². The third kappa shape index (κ3) is 2.91. The Balaban J connectivity index is 1.91. The molecule has 0 fully saturated rings. The lowest BCUT2D eigenvalue weighted by Crippen LogP contribution is -2.21. The molecule has 2 heterocycles. The number of H-pyrrole nitrogens is 1. The first kappa shape index (κ1) is 11.8. The first-order valence-corrected chi connectivity index (χ1v) is 5.89. The summed E-state index contributed by atoms with van der Waals surface area (Å²) in [5, 5.41) is 10.1. The third-order valence-corrected chi connectivity index (χ3v) is 2.70. The molecule has 0 aliphatic rings. The van der Waals surface area contributed by atoms with Crippen molar-refractivity contribution in [1.29, 1.82) is 0 Å². The molecule has 2 aromatic heterocycles. The second kappa shape index (κ2) is 5.58. The lowest BCUT2D eigenvalue weighted by Gasteiger charge is -2.12. The van der Waals surface area contributed by atoms with Crippen LogP contribution in [0.5, 0.6) is 0 Å². The molecule has 6 nitrogen and oxygen atoms in total. The van der Waals surface area contributed by atoms with Gasteiger partial charge < -0.3 is 9.88 Å². The van der Waals surface area contributed by atoms with Crippen LogP contribution in [-0.4, -0.2) is 24.7 Å². The molecule has 0 aromatic carbocycles. The molecule has 0 radical (unpaired) electrons. The Kier molecular flexibility index (Phi) is 3.87. The molecule has 17 heavy (non-hydrogen) atoms. The molecule has 0 saturated carbocycles. The van der Waals surface area contributed by atoms with Crippen molar-refractivity contribution in [3.63, 3.8) is 0 Å². The normalized spacial score (nSPS) is 12.8. The van der Waals surface area contributed by atoms with E-state index in [-0.39, 0.29) is 6.04 Å². The maximum Gasteiger partial charge on any atom is 0.141 e. The van der Waals surface area contributed by atoms with Gasteiger partial charge in [-0.05, 0) is 13.3 Å². The van der Waals surface area contributed by atoms with Gasteiger partial charge in [0.05, 0.1) is 18.1 Å². The van der Waals surface area contributed by atoms with Gasteiger partial charge in [-0.3, -0.25) is 5.10 Å². The molecule has 0 saturated heterocycles. The van der Waals surface area contributed by atoms with Crippen molar-refractivity contribution in [1.82, 2.24) is 30.0 Å². The number of nitrogens with one attached hydrogen (secondary N) is 2. The van der Waals surface area contributed by atoms with Crippen LogP contribution in [-0.2, 0) is 13.1 Å². The maximum atomic E-state index is 4.17. The van der Waals surface area contributed by atoms with E-state index in [0.29, 0.717) is 0 Å². The molecule has 0 amide bonds. The molecule has 0 spiro atoms. The second-order valence-electron chi connectivity index (χ2n) is 4.05. The van der Waals surface area contributed by atoms with Crippen LogP contribution >= 0.6 is 0 Å². The van der Waals surface area contributed by atoms with Gasteiger partial charge in [0, 0.05) is 19.3 Å². The van der Waals surface area contributed by atoms with Crippen molar-refractivity contribution in [3.8, 4) is 0 Å². The molecule has 2 rings (SSSR count). The van der Waals surface area contributed by atoms with Gasteiger partial charge in [0.25, 0.3) is 0 Å². The monoisotopic (exact) mass is 234 g/mol. The van der Waals surface area contributed by atoms with Crippen molar-refractivity contribution in [2.24, 2.45) is 0 Å². The summed E-state index contributed by atoms with van der Waals surface area (Å²) in [5.41, 5.74) is 1.19. The van der Waals surface area contributed by atoms with Crippen LogP contribution in [0, 0.1) is 0 Å². The minimum Gasteiger partial charge on any atom is -0.333 e. The Bertz CT molecular complexity index is 433. The molecule has 0 aliphatic carbocycles. The molecule has 6 heteroatoms. The fraction of sp³-hybridized carbons (Fsp3) is 0.545. The van der Waals surface area contributed by atoms with Crippen LogP contribution in [0.4, 0.5) is 0 Å². The van der Waals surface area contributed by atoms with E-state index in [2.05, 4.69) is 43.9 Å². The Morgan fingerprint density at radius 2 is 2.41 bits per heavy atom. The molecule has 0 aliphatic heterocycles. The number of aromatic nitrogens is 5. The zero-order chi connectivity index (χ0) is 12.1. The quantitative estimate of drug-likeness (QED) is 0.789. The SMILES string of the molecule is CCCn1cncc1CNC(C)c1ncn[nH]1. The van der Waals surface area contributed by atoms with Crippen molar-refractivity contribution in [2.45, 2.75) is 39.4 Å². The smallest absolute Gasteiger partial charge is 0.141 e. The summed E-state index contributed by atoms with van der Waals surface area (Å²) in [6.07, 6.45) is 6.41. The lowest BCUT2D eigenvalue weighted by molar-refractivity contribution is 0.523. The molecule has 1 atom stereocenters. The maximum absolute atomic E-state index is 4.17. The Hall–Kier alpha value is -1.69. The summed E-state index contributed by atoms with van der Waals surface area (Å²) in [7, 11) is 0. The van der Waals surface area contributed by atoms with E-state index in [4.69, 9.17) is 0 Å². The highest BCUT2D eigenvalue weighted by Crippen LogP contribution is 2.07. The van der Waals surface area contributed by atoms with E-state index in [1.165, 1.54) is 12.0 Å². The highest BCUT2D eigenvalue weighted by molar-refractivity contribution is 4.99. The number of aromatic amines is 1. The van der Waals surface area contributed by atoms with Crippen molar-refractivity contribution < 1.29 is 0 Å². The molecule has 2 aromatic rings. The van der Waals surface area contributed by atoms with E-state index in [1.807, 2.05) is 12.5 Å². The van der Waals surface area contributed by atoms with Crippen LogP contribution < -0.4 is 5.32 Å². The predicted molar refractivity (Wildman–Crippen MR) is 64.2 cm³/mol. The van der Waals surface area contributed by atoms with E-state index < -0.39 is 0 Å². The predicted octanol–water partition coefficient (Wildman–Crippen LogP) is 1.26. The summed E-state index contributed by atoms with van der Waals surface area (Å²) in [6, 6.07) is 0.155. The van der Waals surface area contributed by atoms with Gasteiger partial charge in [-0.2, -0.15) is 5.10 Å². The minimum atomic E-state index is 0.155. The Morgan fingerprint density at radius 3 is 3.12 bits per heavy atom. The highest BCUT2D eigenvalue weighted by Gasteiger charge is 2.08. The fourth-order valence-electron chi connectivity index (χ4n) is 1.72. The van der Waals surface area contributed by atoms with Gasteiger partial charge in [-0.15, -0.1) is 0 Å². The number of imidazole rings is 1. The van der Waals surface area contributed by atoms with Crippen LogP contribution in [0.2, 0.25) is 0 Å². The van der Waals surface area contributed by atoms with E-state index in [1.54, 1.807) is 0 Å². The van der Waals surface area contributed by atoms with E-state index >= 15 is 0 Å². The van der Waals surface area contributed by atoms with Gasteiger partial charge in [-0.1, -0.05) is 6.92 Å². The van der Waals surface area contributed by atoms with Crippen molar-refractivity contribution >= 4 is 0 Å². The van der Waals surface area contributed by atoms with E-state index in [0.717, 1.165) is 25.3 Å². The zero-order valence-corrected chi connectivity index (χ0v) is 10.2. The topological polar surface area (TPSA) is 71.4 Å². The second-order valence-corrected chi connectivity index (χ2v) is 4.05. The molecular weight excluding hydrogens is 216 g/mol. The van der Waals surface area contributed by atoms with Crippen molar-refractivity contribution in [2.75, 3.05) is 0 Å². The highest BCUT2D eigenvalue weighted by atomic mass is 15.2. The molecule has 1 unspecified atom stereocenters. The van der Waals surface area contributed by atoms with Gasteiger partial charge in [-0.25, -0.2) is 9.97 Å². The summed E-state index contributed by atoms with van der Waals surface area (Å²) in [5.74, 6) is 0.853. The molecular formula is C11H18N6. The first-order chi connectivity index (χ1) is 8.31. The van der Waals surface area contributed by atoms with Crippen LogP contribution in [0.25, 0.3) is 0 Å². The van der Waals surface area contributed by atoms with Gasteiger partial charge >= 0.3 is 0 Å². The van der Waals surface area contributed by atoms with E-state index in [9.17, 15) is 0 Å². The van der Waals surface area contributed by atoms with Crippen LogP contribution in [0.3, 0.4) is 0 Å². The Morgan fingerprint density at radius 1 is 1.53 bits per heavy atom. The van der Waals surface area contributed by atoms with Gasteiger partial charge in [0.15, 0.2) is 0 Å². The molecule has 2 N–H and O–H groups in total. The standard InChI is InChI=1S/C11H18N6/c1-3-4-17-8-12-5-10(17)6-13-9(2)11-14-7-15-16-11/h5,7-9,13H,3-4,6H2,1-2H3,(H,14,15,16). The number of nitrogens with zero attached hydrogens (tertiary/aromatic N) is 4. The lowest BCUT2D eigenvalue weighted by atomic mass is 10.3. The summed E-state index contributed by atoms with van der Waals surface area (Å²) < 4.78 is 2.17. The zero-order valence-electron chi connectivity index (χ0n) is 10.2. The molecule has 0 bridgehead atoms. The number of hydrogen-bond acceptors (Lipinski definition) is 4. The number of rotatable bonds is 6. The van der Waals surface area contributed by atoms with Gasteiger partial charge in [0.1, 0.15) is 12.2 Å². The summed E-state index contributed by atoms with van der Waals surface area (Å²) >= 11 is 0.